The number of aliphatic hydroxyl groups excluding tert-OH is 1. The number of benzene rings is 1. The van der Waals surface area contributed by atoms with Gasteiger partial charge in [-0.2, -0.15) is 0 Å². The molecular formula is C20H21N3O3. The molecule has 1 aromatic heterocycles. The van der Waals surface area contributed by atoms with Gasteiger partial charge in [-0.05, 0) is 25.7 Å². The summed E-state index contributed by atoms with van der Waals surface area (Å²) in [5, 5.41) is 22.6. The lowest BCUT2D eigenvalue weighted by Crippen LogP contribution is -2.44. The van der Waals surface area contributed by atoms with Crippen LogP contribution in [0.4, 0.5) is 5.69 Å². The summed E-state index contributed by atoms with van der Waals surface area (Å²) >= 11 is 0. The Morgan fingerprint density at radius 1 is 1.31 bits per heavy atom. The van der Waals surface area contributed by atoms with E-state index in [9.17, 15) is 10.2 Å². The summed E-state index contributed by atoms with van der Waals surface area (Å²) in [4.78, 5) is 9.65. The molecule has 134 valence electrons. The van der Waals surface area contributed by atoms with E-state index in [0.29, 0.717) is 23.7 Å². The molecule has 4 rings (SSSR count). The van der Waals surface area contributed by atoms with Crippen LogP contribution in [0.15, 0.2) is 42.6 Å². The standard InChI is InChI=1S/C20H21N3O3/c1-21-13-9-15-17(22-10-13)20(25)18(24)14(11-23(2)3)16(19(20)26-15)12-7-5-4-6-8-12/h4-10,14,16,18-19,24-25H,11H2,2-3H3/t14-,16-,18-,19?,20+/m1/s1. The molecule has 5 atom stereocenters. The first-order valence-corrected chi connectivity index (χ1v) is 8.61. The highest BCUT2D eigenvalue weighted by Crippen LogP contribution is 2.57. The second kappa shape index (κ2) is 6.06. The van der Waals surface area contributed by atoms with Crippen LogP contribution >= 0.6 is 0 Å². The number of hydrogen-bond acceptors (Lipinski definition) is 5. The van der Waals surface area contributed by atoms with Gasteiger partial charge in [0.05, 0.1) is 12.7 Å². The minimum absolute atomic E-state index is 0.191. The molecule has 0 saturated heterocycles. The van der Waals surface area contributed by atoms with Crippen molar-refractivity contribution in [3.63, 3.8) is 0 Å². The second-order valence-corrected chi connectivity index (χ2v) is 7.32. The number of aromatic nitrogens is 1. The molecular weight excluding hydrogens is 330 g/mol. The molecule has 0 amide bonds. The molecule has 2 aliphatic rings. The van der Waals surface area contributed by atoms with E-state index >= 15 is 0 Å². The van der Waals surface area contributed by atoms with Crippen LogP contribution in [-0.4, -0.2) is 52.9 Å². The van der Waals surface area contributed by atoms with Crippen molar-refractivity contribution >= 4 is 5.69 Å². The number of fused-ring (bicyclic) bond motifs is 3. The molecule has 26 heavy (non-hydrogen) atoms. The molecule has 0 radical (unpaired) electrons. The smallest absolute Gasteiger partial charge is 0.208 e. The average molecular weight is 351 g/mol. The van der Waals surface area contributed by atoms with Gasteiger partial charge in [0.2, 0.25) is 5.69 Å². The van der Waals surface area contributed by atoms with E-state index in [-0.39, 0.29) is 11.8 Å². The van der Waals surface area contributed by atoms with Gasteiger partial charge in [0.25, 0.3) is 0 Å². The lowest BCUT2D eigenvalue weighted by molar-refractivity contribution is -0.102. The van der Waals surface area contributed by atoms with Crippen molar-refractivity contribution in [2.75, 3.05) is 20.6 Å². The molecule has 1 aliphatic carbocycles. The maximum absolute atomic E-state index is 11.5. The highest BCUT2D eigenvalue weighted by Gasteiger charge is 2.66. The van der Waals surface area contributed by atoms with Crippen molar-refractivity contribution in [1.82, 2.24) is 9.88 Å². The largest absolute Gasteiger partial charge is 0.486 e. The van der Waals surface area contributed by atoms with Crippen molar-refractivity contribution < 1.29 is 14.9 Å². The molecule has 2 aromatic rings. The molecule has 6 nitrogen and oxygen atoms in total. The molecule has 6 heteroatoms. The minimum atomic E-state index is -1.59. The van der Waals surface area contributed by atoms with Gasteiger partial charge in [0.15, 0.2) is 5.60 Å². The Morgan fingerprint density at radius 3 is 2.69 bits per heavy atom. The molecule has 1 aromatic carbocycles. The Labute approximate surface area is 152 Å². The van der Waals surface area contributed by atoms with Gasteiger partial charge in [-0.25, -0.2) is 4.85 Å². The number of aliphatic hydroxyl groups is 2. The monoisotopic (exact) mass is 351 g/mol. The Bertz CT molecular complexity index is 864. The lowest BCUT2D eigenvalue weighted by Gasteiger charge is -2.28. The van der Waals surface area contributed by atoms with Crippen LogP contribution in [-0.2, 0) is 5.60 Å². The number of pyridine rings is 1. The van der Waals surface area contributed by atoms with Crippen LogP contribution in [0.5, 0.6) is 5.75 Å². The summed E-state index contributed by atoms with van der Waals surface area (Å²) in [6.45, 7) is 7.76. The predicted molar refractivity (Wildman–Crippen MR) is 96.0 cm³/mol. The first-order valence-electron chi connectivity index (χ1n) is 8.61. The molecule has 1 fully saturated rings. The van der Waals surface area contributed by atoms with E-state index < -0.39 is 17.8 Å². The fourth-order valence-electron chi connectivity index (χ4n) is 4.38. The van der Waals surface area contributed by atoms with E-state index in [1.165, 1.54) is 6.20 Å². The van der Waals surface area contributed by atoms with Crippen LogP contribution in [0.1, 0.15) is 17.2 Å². The Balaban J connectivity index is 1.84. The van der Waals surface area contributed by atoms with Crippen molar-refractivity contribution in [3.8, 4) is 5.75 Å². The van der Waals surface area contributed by atoms with E-state index in [4.69, 9.17) is 11.3 Å². The fraction of sp³-hybridized carbons (Fsp3) is 0.400. The Kier molecular flexibility index (Phi) is 3.96. The average Bonchev–Trinajstić information content (AvgIpc) is 3.04. The highest BCUT2D eigenvalue weighted by molar-refractivity contribution is 5.54. The van der Waals surface area contributed by atoms with Crippen molar-refractivity contribution in [2.45, 2.75) is 23.7 Å². The summed E-state index contributed by atoms with van der Waals surface area (Å²) in [5.41, 5.74) is 0.0990. The summed E-state index contributed by atoms with van der Waals surface area (Å²) in [7, 11) is 3.89. The highest BCUT2D eigenvalue weighted by atomic mass is 16.5. The molecule has 1 saturated carbocycles. The minimum Gasteiger partial charge on any atom is -0.486 e. The predicted octanol–water partition coefficient (Wildman–Crippen LogP) is 1.92. The van der Waals surface area contributed by atoms with Gasteiger partial charge in [0.1, 0.15) is 17.5 Å². The first-order chi connectivity index (χ1) is 12.5. The molecule has 2 N–H and O–H groups in total. The van der Waals surface area contributed by atoms with Crippen LogP contribution < -0.4 is 4.74 Å². The van der Waals surface area contributed by atoms with E-state index in [1.807, 2.05) is 49.3 Å². The second-order valence-electron chi connectivity index (χ2n) is 7.32. The van der Waals surface area contributed by atoms with Crippen molar-refractivity contribution in [3.05, 3.63) is 65.3 Å². The van der Waals surface area contributed by atoms with Crippen LogP contribution in [0, 0.1) is 12.5 Å². The van der Waals surface area contributed by atoms with Crippen molar-refractivity contribution in [1.29, 1.82) is 0 Å². The normalized spacial score (nSPS) is 32.0. The zero-order valence-corrected chi connectivity index (χ0v) is 14.7. The van der Waals surface area contributed by atoms with E-state index in [2.05, 4.69) is 9.83 Å². The molecule has 1 aliphatic heterocycles. The SMILES string of the molecule is [C-]#[N+]c1cnc2c(c1)OC1[C@H](c3ccccc3)[C@@H](CN(C)C)[C@@H](O)[C@@]21O. The zero-order valence-electron chi connectivity index (χ0n) is 14.7. The van der Waals surface area contributed by atoms with Gasteiger partial charge in [-0.1, -0.05) is 30.3 Å². The van der Waals surface area contributed by atoms with Gasteiger partial charge in [0, 0.05) is 24.6 Å². The molecule has 1 unspecified atom stereocenters. The maximum atomic E-state index is 11.5. The number of ether oxygens (including phenoxy) is 1. The zero-order chi connectivity index (χ0) is 18.5. The Hall–Kier alpha value is -2.46. The van der Waals surface area contributed by atoms with Crippen LogP contribution in [0.2, 0.25) is 0 Å². The summed E-state index contributed by atoms with van der Waals surface area (Å²) in [6, 6.07) is 11.4. The number of hydrogen-bond donors (Lipinski definition) is 2. The van der Waals surface area contributed by atoms with E-state index in [1.54, 1.807) is 6.07 Å². The third kappa shape index (κ3) is 2.32. The van der Waals surface area contributed by atoms with Crippen molar-refractivity contribution in [2.24, 2.45) is 5.92 Å². The molecule has 2 heterocycles. The summed E-state index contributed by atoms with van der Waals surface area (Å²) in [5.74, 6) is -0.0173. The van der Waals surface area contributed by atoms with Gasteiger partial charge >= 0.3 is 0 Å². The van der Waals surface area contributed by atoms with Gasteiger partial charge in [-0.3, -0.25) is 4.98 Å². The van der Waals surface area contributed by atoms with E-state index in [0.717, 1.165) is 5.56 Å². The van der Waals surface area contributed by atoms with Crippen LogP contribution in [0.3, 0.4) is 0 Å². The quantitative estimate of drug-likeness (QED) is 0.827. The van der Waals surface area contributed by atoms with Gasteiger partial charge < -0.3 is 19.8 Å². The fourth-order valence-corrected chi connectivity index (χ4v) is 4.38. The molecule has 0 bridgehead atoms. The first kappa shape index (κ1) is 17.0. The molecule has 0 spiro atoms. The topological polar surface area (TPSA) is 70.2 Å². The van der Waals surface area contributed by atoms with Gasteiger partial charge in [-0.15, -0.1) is 0 Å². The maximum Gasteiger partial charge on any atom is 0.208 e. The number of rotatable bonds is 3. The lowest BCUT2D eigenvalue weighted by atomic mass is 9.86. The summed E-state index contributed by atoms with van der Waals surface area (Å²) < 4.78 is 6.09. The third-order valence-electron chi connectivity index (χ3n) is 5.44. The number of nitrogens with zero attached hydrogens (tertiary/aromatic N) is 3. The Morgan fingerprint density at radius 2 is 2.04 bits per heavy atom. The third-order valence-corrected chi connectivity index (χ3v) is 5.44. The van der Waals surface area contributed by atoms with Crippen LogP contribution in [0.25, 0.3) is 4.85 Å². The summed E-state index contributed by atoms with van der Waals surface area (Å²) in [6.07, 6.45) is -0.250.